The van der Waals surface area contributed by atoms with E-state index in [0.717, 1.165) is 6.42 Å². The molecule has 22 heavy (non-hydrogen) atoms. The van der Waals surface area contributed by atoms with Crippen molar-refractivity contribution in [3.63, 3.8) is 0 Å². The van der Waals surface area contributed by atoms with Gasteiger partial charge in [0, 0.05) is 12.8 Å². The molecule has 0 spiro atoms. The summed E-state index contributed by atoms with van der Waals surface area (Å²) in [5.74, 6) is 0. The van der Waals surface area contributed by atoms with Gasteiger partial charge in [-0.3, -0.25) is 9.78 Å². The fraction of sp³-hybridized carbons (Fsp3) is 0.765. The highest BCUT2D eigenvalue weighted by Gasteiger charge is 2.00. The Balaban J connectivity index is 1.91. The van der Waals surface area contributed by atoms with E-state index in [1.54, 1.807) is 0 Å². The Labute approximate surface area is 132 Å². The molecule has 0 radical (unpaired) electrons. The van der Waals surface area contributed by atoms with E-state index in [2.05, 4.69) is 16.9 Å². The Morgan fingerprint density at radius 1 is 0.909 bits per heavy atom. The number of ether oxygens (including phenoxy) is 1. The molecule has 0 aromatic carbocycles. The molecular formula is C17H30N2O3. The summed E-state index contributed by atoms with van der Waals surface area (Å²) in [6, 6.07) is 0. The summed E-state index contributed by atoms with van der Waals surface area (Å²) in [5, 5.41) is 0. The van der Waals surface area contributed by atoms with E-state index < -0.39 is 5.69 Å². The molecular weight excluding hydrogens is 280 g/mol. The summed E-state index contributed by atoms with van der Waals surface area (Å²) in [6.07, 6.45) is 14.3. The van der Waals surface area contributed by atoms with Gasteiger partial charge in [-0.15, -0.1) is 0 Å². The highest BCUT2D eigenvalue weighted by molar-refractivity contribution is 5.00. The van der Waals surface area contributed by atoms with Gasteiger partial charge in [0.25, 0.3) is 5.56 Å². The van der Waals surface area contributed by atoms with Crippen molar-refractivity contribution in [3.05, 3.63) is 32.6 Å². The molecule has 0 fully saturated rings. The zero-order valence-corrected chi connectivity index (χ0v) is 13.8. The van der Waals surface area contributed by atoms with Crippen molar-refractivity contribution in [1.82, 2.24) is 9.97 Å². The van der Waals surface area contributed by atoms with Gasteiger partial charge in [0.1, 0.15) is 0 Å². The predicted molar refractivity (Wildman–Crippen MR) is 89.2 cm³/mol. The molecule has 126 valence electrons. The van der Waals surface area contributed by atoms with Crippen LogP contribution in [-0.4, -0.2) is 16.6 Å². The SMILES string of the molecule is CCCCCCCCCCCCOCc1c[nH]c(=O)[nH]c1=O. The van der Waals surface area contributed by atoms with Gasteiger partial charge in [-0.2, -0.15) is 0 Å². The highest BCUT2D eigenvalue weighted by Crippen LogP contribution is 2.10. The van der Waals surface area contributed by atoms with Gasteiger partial charge in [0.2, 0.25) is 0 Å². The van der Waals surface area contributed by atoms with Crippen LogP contribution in [0.4, 0.5) is 0 Å². The zero-order valence-electron chi connectivity index (χ0n) is 13.8. The number of hydrogen-bond donors (Lipinski definition) is 2. The molecule has 0 saturated heterocycles. The van der Waals surface area contributed by atoms with Crippen molar-refractivity contribution in [2.45, 2.75) is 77.7 Å². The second-order valence-electron chi connectivity index (χ2n) is 5.83. The minimum atomic E-state index is -0.483. The molecule has 0 aliphatic rings. The minimum Gasteiger partial charge on any atom is -0.377 e. The molecule has 0 aliphatic carbocycles. The Kier molecular flexibility index (Phi) is 10.4. The lowest BCUT2D eigenvalue weighted by Gasteiger charge is -2.04. The monoisotopic (exact) mass is 310 g/mol. The second kappa shape index (κ2) is 12.2. The first-order valence-electron chi connectivity index (χ1n) is 8.62. The number of H-pyrrole nitrogens is 2. The topological polar surface area (TPSA) is 75.0 Å². The molecule has 1 heterocycles. The summed E-state index contributed by atoms with van der Waals surface area (Å²) >= 11 is 0. The molecule has 1 rings (SSSR count). The number of rotatable bonds is 13. The summed E-state index contributed by atoms with van der Waals surface area (Å²) in [6.45, 7) is 3.16. The summed E-state index contributed by atoms with van der Waals surface area (Å²) < 4.78 is 5.47. The van der Waals surface area contributed by atoms with Crippen LogP contribution in [0.5, 0.6) is 0 Å². The highest BCUT2D eigenvalue weighted by atomic mass is 16.5. The first-order chi connectivity index (χ1) is 10.7. The maximum Gasteiger partial charge on any atom is 0.325 e. The lowest BCUT2D eigenvalue weighted by atomic mass is 10.1. The van der Waals surface area contributed by atoms with Gasteiger partial charge in [-0.05, 0) is 6.42 Å². The van der Waals surface area contributed by atoms with Crippen LogP contribution in [0.15, 0.2) is 15.8 Å². The van der Waals surface area contributed by atoms with Crippen LogP contribution in [0.25, 0.3) is 0 Å². The van der Waals surface area contributed by atoms with Gasteiger partial charge in [-0.25, -0.2) is 4.79 Å². The van der Waals surface area contributed by atoms with Crippen LogP contribution in [0.1, 0.15) is 76.7 Å². The number of nitrogens with one attached hydrogen (secondary N) is 2. The van der Waals surface area contributed by atoms with Crippen molar-refractivity contribution in [3.8, 4) is 0 Å². The maximum atomic E-state index is 11.4. The van der Waals surface area contributed by atoms with Gasteiger partial charge >= 0.3 is 5.69 Å². The van der Waals surface area contributed by atoms with E-state index in [1.165, 1.54) is 64.0 Å². The predicted octanol–water partition coefficient (Wildman–Crippen LogP) is 3.50. The average Bonchev–Trinajstić information content (AvgIpc) is 2.50. The fourth-order valence-corrected chi connectivity index (χ4v) is 2.42. The lowest BCUT2D eigenvalue weighted by molar-refractivity contribution is 0.115. The van der Waals surface area contributed by atoms with Crippen molar-refractivity contribution in [2.24, 2.45) is 0 Å². The molecule has 0 atom stereocenters. The summed E-state index contributed by atoms with van der Waals surface area (Å²) in [5.41, 5.74) is -0.387. The van der Waals surface area contributed by atoms with E-state index >= 15 is 0 Å². The number of aromatic nitrogens is 2. The van der Waals surface area contributed by atoms with Crippen molar-refractivity contribution in [1.29, 1.82) is 0 Å². The zero-order chi connectivity index (χ0) is 16.0. The number of aromatic amines is 2. The van der Waals surface area contributed by atoms with Gasteiger partial charge in [-0.1, -0.05) is 64.7 Å². The van der Waals surface area contributed by atoms with Crippen LogP contribution in [0.2, 0.25) is 0 Å². The first kappa shape index (κ1) is 18.7. The normalized spacial score (nSPS) is 11.0. The van der Waals surface area contributed by atoms with E-state index in [9.17, 15) is 9.59 Å². The third-order valence-electron chi connectivity index (χ3n) is 3.80. The first-order valence-corrected chi connectivity index (χ1v) is 8.62. The van der Waals surface area contributed by atoms with Crippen molar-refractivity contribution < 1.29 is 4.74 Å². The largest absolute Gasteiger partial charge is 0.377 e. The quantitative estimate of drug-likeness (QED) is 0.548. The molecule has 0 saturated carbocycles. The molecule has 1 aromatic rings. The molecule has 0 amide bonds. The average molecular weight is 310 g/mol. The number of unbranched alkanes of at least 4 members (excludes halogenated alkanes) is 9. The minimum absolute atomic E-state index is 0.254. The van der Waals surface area contributed by atoms with E-state index in [0.29, 0.717) is 12.2 Å². The van der Waals surface area contributed by atoms with Gasteiger partial charge in [0.15, 0.2) is 0 Å². The van der Waals surface area contributed by atoms with Crippen LogP contribution in [-0.2, 0) is 11.3 Å². The second-order valence-corrected chi connectivity index (χ2v) is 5.83. The molecule has 2 N–H and O–H groups in total. The van der Waals surface area contributed by atoms with Crippen LogP contribution in [0.3, 0.4) is 0 Å². The Bertz CT molecular complexity index is 493. The maximum absolute atomic E-state index is 11.4. The van der Waals surface area contributed by atoms with E-state index in [1.807, 2.05) is 0 Å². The molecule has 0 bridgehead atoms. The molecule has 0 unspecified atom stereocenters. The van der Waals surface area contributed by atoms with Crippen molar-refractivity contribution >= 4 is 0 Å². The Hall–Kier alpha value is -1.36. The van der Waals surface area contributed by atoms with E-state index in [-0.39, 0.29) is 12.2 Å². The molecule has 5 nitrogen and oxygen atoms in total. The Morgan fingerprint density at radius 2 is 1.50 bits per heavy atom. The van der Waals surface area contributed by atoms with Crippen LogP contribution in [0, 0.1) is 0 Å². The van der Waals surface area contributed by atoms with Crippen LogP contribution >= 0.6 is 0 Å². The smallest absolute Gasteiger partial charge is 0.325 e. The Morgan fingerprint density at radius 3 is 2.09 bits per heavy atom. The number of hydrogen-bond acceptors (Lipinski definition) is 3. The summed E-state index contributed by atoms with van der Waals surface area (Å²) in [7, 11) is 0. The fourth-order valence-electron chi connectivity index (χ4n) is 2.42. The third kappa shape index (κ3) is 8.82. The molecule has 1 aromatic heterocycles. The van der Waals surface area contributed by atoms with Crippen molar-refractivity contribution in [2.75, 3.05) is 6.61 Å². The van der Waals surface area contributed by atoms with Crippen LogP contribution < -0.4 is 11.2 Å². The van der Waals surface area contributed by atoms with E-state index in [4.69, 9.17) is 4.74 Å². The van der Waals surface area contributed by atoms with Gasteiger partial charge < -0.3 is 9.72 Å². The molecule has 0 aliphatic heterocycles. The molecule has 5 heteroatoms. The van der Waals surface area contributed by atoms with Gasteiger partial charge in [0.05, 0.1) is 12.2 Å². The standard InChI is InChI=1S/C17H30N2O3/c1-2-3-4-5-6-7-8-9-10-11-12-22-14-15-13-18-17(21)19-16(15)20/h13H,2-12,14H2,1H3,(H2,18,19,20,21). The summed E-state index contributed by atoms with van der Waals surface area (Å²) in [4.78, 5) is 26.9. The third-order valence-corrected chi connectivity index (χ3v) is 3.80. The lowest BCUT2D eigenvalue weighted by Crippen LogP contribution is -2.24.